The first kappa shape index (κ1) is 6.87. The van der Waals surface area contributed by atoms with Crippen molar-refractivity contribution in [3.8, 4) is 0 Å². The van der Waals surface area contributed by atoms with Crippen LogP contribution in [0.5, 0.6) is 0 Å². The van der Waals surface area contributed by atoms with Crippen molar-refractivity contribution in [1.82, 2.24) is 0 Å². The highest BCUT2D eigenvalue weighted by molar-refractivity contribution is 8.00. The van der Waals surface area contributed by atoms with E-state index in [1.54, 1.807) is 6.08 Å². The van der Waals surface area contributed by atoms with Gasteiger partial charge in [-0.2, -0.15) is 11.8 Å². The Morgan fingerprint density at radius 1 is 1.56 bits per heavy atom. The van der Waals surface area contributed by atoms with Gasteiger partial charge in [0.25, 0.3) is 0 Å². The van der Waals surface area contributed by atoms with Crippen LogP contribution in [0, 0.1) is 0 Å². The van der Waals surface area contributed by atoms with E-state index >= 15 is 0 Å². The van der Waals surface area contributed by atoms with E-state index in [-0.39, 0.29) is 0 Å². The molecule has 1 aliphatic rings. The molecular formula is C7H10OS. The van der Waals surface area contributed by atoms with Gasteiger partial charge >= 0.3 is 0 Å². The zero-order valence-electron chi connectivity index (χ0n) is 5.25. The molecule has 2 heteroatoms. The van der Waals surface area contributed by atoms with E-state index in [2.05, 4.69) is 0 Å². The van der Waals surface area contributed by atoms with Gasteiger partial charge in [-0.25, -0.2) is 0 Å². The summed E-state index contributed by atoms with van der Waals surface area (Å²) in [5.74, 6) is 1.26. The number of carbonyl (C=O) groups excluding carboxylic acids is 1. The zero-order valence-corrected chi connectivity index (χ0v) is 6.06. The van der Waals surface area contributed by atoms with Gasteiger partial charge in [0, 0.05) is 5.25 Å². The molecule has 0 aromatic rings. The summed E-state index contributed by atoms with van der Waals surface area (Å²) < 4.78 is 0. The van der Waals surface area contributed by atoms with Crippen LogP contribution in [0.25, 0.3) is 0 Å². The zero-order chi connectivity index (χ0) is 6.53. The third kappa shape index (κ3) is 2.22. The van der Waals surface area contributed by atoms with E-state index in [0.717, 1.165) is 6.29 Å². The smallest absolute Gasteiger partial charge is 0.142 e. The molecule has 0 aromatic heterocycles. The predicted octanol–water partition coefficient (Wildman–Crippen LogP) is 1.64. The Hall–Kier alpha value is -0.240. The van der Waals surface area contributed by atoms with Crippen LogP contribution in [-0.4, -0.2) is 17.3 Å². The minimum Gasteiger partial charge on any atom is -0.299 e. The molecule has 0 amide bonds. The Balaban J connectivity index is 2.25. The Bertz CT molecular complexity index is 114. The molecule has 0 bridgehead atoms. The van der Waals surface area contributed by atoms with Crippen molar-refractivity contribution in [2.75, 3.05) is 5.75 Å². The molecule has 1 saturated heterocycles. The first-order valence-electron chi connectivity index (χ1n) is 3.17. The van der Waals surface area contributed by atoms with Gasteiger partial charge in [0.1, 0.15) is 6.29 Å². The van der Waals surface area contributed by atoms with Crippen LogP contribution >= 0.6 is 11.8 Å². The number of hydrogen-bond donors (Lipinski definition) is 0. The van der Waals surface area contributed by atoms with Crippen molar-refractivity contribution in [1.29, 1.82) is 0 Å². The van der Waals surface area contributed by atoms with Gasteiger partial charge in [-0.3, -0.25) is 4.79 Å². The molecule has 0 aliphatic carbocycles. The topological polar surface area (TPSA) is 17.1 Å². The molecule has 1 atom stereocenters. The van der Waals surface area contributed by atoms with Gasteiger partial charge in [0.15, 0.2) is 0 Å². The second kappa shape index (κ2) is 3.72. The van der Waals surface area contributed by atoms with Crippen LogP contribution < -0.4 is 0 Å². The van der Waals surface area contributed by atoms with Crippen molar-refractivity contribution in [2.24, 2.45) is 0 Å². The SMILES string of the molecule is O=C/C=C\C1CCCS1. The van der Waals surface area contributed by atoms with E-state index in [9.17, 15) is 4.79 Å². The first-order chi connectivity index (χ1) is 4.43. The summed E-state index contributed by atoms with van der Waals surface area (Å²) in [6, 6.07) is 0. The second-order valence-electron chi connectivity index (χ2n) is 2.07. The lowest BCUT2D eigenvalue weighted by atomic mass is 10.2. The van der Waals surface area contributed by atoms with Crippen LogP contribution in [0.2, 0.25) is 0 Å². The summed E-state index contributed by atoms with van der Waals surface area (Å²) in [6.07, 6.45) is 6.99. The summed E-state index contributed by atoms with van der Waals surface area (Å²) in [5, 5.41) is 0.621. The van der Waals surface area contributed by atoms with E-state index < -0.39 is 0 Å². The van der Waals surface area contributed by atoms with Gasteiger partial charge in [0.05, 0.1) is 0 Å². The van der Waals surface area contributed by atoms with E-state index in [0.29, 0.717) is 5.25 Å². The lowest BCUT2D eigenvalue weighted by Crippen LogP contribution is -1.88. The Labute approximate surface area is 59.5 Å². The lowest BCUT2D eigenvalue weighted by molar-refractivity contribution is -0.104. The van der Waals surface area contributed by atoms with Crippen molar-refractivity contribution in [3.63, 3.8) is 0 Å². The van der Waals surface area contributed by atoms with E-state index in [1.165, 1.54) is 18.6 Å². The average Bonchev–Trinajstić information content (AvgIpc) is 2.34. The van der Waals surface area contributed by atoms with Crippen molar-refractivity contribution in [2.45, 2.75) is 18.1 Å². The normalized spacial score (nSPS) is 27.3. The third-order valence-electron chi connectivity index (χ3n) is 1.37. The van der Waals surface area contributed by atoms with E-state index in [1.807, 2.05) is 17.8 Å². The predicted molar refractivity (Wildman–Crippen MR) is 40.7 cm³/mol. The minimum absolute atomic E-state index is 0.621. The molecule has 1 unspecified atom stereocenters. The van der Waals surface area contributed by atoms with Gasteiger partial charge in [0.2, 0.25) is 0 Å². The third-order valence-corrected chi connectivity index (χ3v) is 2.71. The molecule has 1 nitrogen and oxygen atoms in total. The molecule has 1 aliphatic heterocycles. The molecule has 1 heterocycles. The number of thioether (sulfide) groups is 1. The number of carbonyl (C=O) groups is 1. The van der Waals surface area contributed by atoms with Gasteiger partial charge < -0.3 is 0 Å². The molecule has 1 fully saturated rings. The highest BCUT2D eigenvalue weighted by Gasteiger charge is 2.10. The van der Waals surface area contributed by atoms with Crippen LogP contribution in [0.3, 0.4) is 0 Å². The maximum Gasteiger partial charge on any atom is 0.142 e. The molecule has 0 N–H and O–H groups in total. The highest BCUT2D eigenvalue weighted by atomic mass is 32.2. The summed E-state index contributed by atoms with van der Waals surface area (Å²) >= 11 is 1.94. The molecule has 1 rings (SSSR count). The fourth-order valence-electron chi connectivity index (χ4n) is 0.924. The molecular weight excluding hydrogens is 132 g/mol. The van der Waals surface area contributed by atoms with E-state index in [4.69, 9.17) is 0 Å². The fourth-order valence-corrected chi connectivity index (χ4v) is 2.09. The maximum atomic E-state index is 9.87. The number of rotatable bonds is 2. The monoisotopic (exact) mass is 142 g/mol. The largest absolute Gasteiger partial charge is 0.299 e. The minimum atomic E-state index is 0.621. The molecule has 0 saturated carbocycles. The van der Waals surface area contributed by atoms with Crippen molar-refractivity contribution >= 4 is 18.0 Å². The van der Waals surface area contributed by atoms with Crippen LogP contribution in [-0.2, 0) is 4.79 Å². The fraction of sp³-hybridized carbons (Fsp3) is 0.571. The molecule has 9 heavy (non-hydrogen) atoms. The quantitative estimate of drug-likeness (QED) is 0.430. The van der Waals surface area contributed by atoms with Crippen LogP contribution in [0.1, 0.15) is 12.8 Å². The molecule has 0 radical (unpaired) electrons. The van der Waals surface area contributed by atoms with Gasteiger partial charge in [-0.1, -0.05) is 6.08 Å². The van der Waals surface area contributed by atoms with Gasteiger partial charge in [-0.05, 0) is 24.7 Å². The Morgan fingerprint density at radius 2 is 2.44 bits per heavy atom. The number of hydrogen-bond acceptors (Lipinski definition) is 2. The van der Waals surface area contributed by atoms with Crippen LogP contribution in [0.4, 0.5) is 0 Å². The van der Waals surface area contributed by atoms with Gasteiger partial charge in [-0.15, -0.1) is 0 Å². The van der Waals surface area contributed by atoms with Crippen molar-refractivity contribution < 1.29 is 4.79 Å². The summed E-state index contributed by atoms with van der Waals surface area (Å²) in [7, 11) is 0. The average molecular weight is 142 g/mol. The molecule has 50 valence electrons. The maximum absolute atomic E-state index is 9.87. The second-order valence-corrected chi connectivity index (χ2v) is 3.42. The molecule has 0 spiro atoms. The highest BCUT2D eigenvalue weighted by Crippen LogP contribution is 2.26. The Kier molecular flexibility index (Phi) is 2.84. The summed E-state index contributed by atoms with van der Waals surface area (Å²) in [6.45, 7) is 0. The van der Waals surface area contributed by atoms with Crippen molar-refractivity contribution in [3.05, 3.63) is 12.2 Å². The lowest BCUT2D eigenvalue weighted by Gasteiger charge is -1.95. The number of allylic oxidation sites excluding steroid dienone is 1. The first-order valence-corrected chi connectivity index (χ1v) is 4.22. The standard InChI is InChI=1S/C7H10OS/c8-5-1-3-7-4-2-6-9-7/h1,3,5,7H,2,4,6H2/b3-1-. The molecule has 0 aromatic carbocycles. The number of aldehydes is 1. The summed E-state index contributed by atoms with van der Waals surface area (Å²) in [5.41, 5.74) is 0. The Morgan fingerprint density at radius 3 is 3.00 bits per heavy atom. The van der Waals surface area contributed by atoms with Crippen LogP contribution in [0.15, 0.2) is 12.2 Å². The summed E-state index contributed by atoms with van der Waals surface area (Å²) in [4.78, 5) is 9.87.